The number of benzene rings is 1. The number of ether oxygens (including phenoxy) is 1. The van der Waals surface area contributed by atoms with Crippen LogP contribution >= 0.6 is 0 Å². The van der Waals surface area contributed by atoms with Gasteiger partial charge in [-0.25, -0.2) is 4.39 Å². The van der Waals surface area contributed by atoms with Gasteiger partial charge in [-0.15, -0.1) is 0 Å². The van der Waals surface area contributed by atoms with E-state index in [2.05, 4.69) is 15.4 Å². The Kier molecular flexibility index (Phi) is 4.97. The van der Waals surface area contributed by atoms with Crippen LogP contribution in [0.5, 0.6) is 0 Å². The smallest absolute Gasteiger partial charge is 0.226 e. The van der Waals surface area contributed by atoms with Crippen LogP contribution in [-0.2, 0) is 29.0 Å². The van der Waals surface area contributed by atoms with Crippen molar-refractivity contribution in [3.05, 3.63) is 47.0 Å². The van der Waals surface area contributed by atoms with Gasteiger partial charge in [0.2, 0.25) is 5.91 Å². The molecule has 0 radical (unpaired) electrons. The second-order valence-electron chi connectivity index (χ2n) is 7.12. The quantitative estimate of drug-likeness (QED) is 0.910. The van der Waals surface area contributed by atoms with Crippen molar-refractivity contribution in [2.24, 2.45) is 5.92 Å². The second kappa shape index (κ2) is 7.53. The van der Waals surface area contributed by atoms with Crippen LogP contribution in [0.25, 0.3) is 0 Å². The summed E-state index contributed by atoms with van der Waals surface area (Å²) in [6.45, 7) is 1.95. The van der Waals surface area contributed by atoms with Gasteiger partial charge in [0.15, 0.2) is 0 Å². The first-order valence-corrected chi connectivity index (χ1v) is 9.22. The molecule has 1 N–H and O–H groups in total. The molecule has 1 atom stereocenters. The summed E-state index contributed by atoms with van der Waals surface area (Å²) in [5, 5.41) is 10.9. The lowest BCUT2D eigenvalue weighted by Gasteiger charge is -2.34. The number of halogens is 1. The number of amides is 1. The summed E-state index contributed by atoms with van der Waals surface area (Å²) in [5.41, 5.74) is 2.91. The molecule has 0 saturated carbocycles. The minimum atomic E-state index is -0.235. The summed E-state index contributed by atoms with van der Waals surface area (Å²) in [6.07, 6.45) is 4.19. The van der Waals surface area contributed by atoms with Crippen molar-refractivity contribution in [3.8, 4) is 0 Å². The highest BCUT2D eigenvalue weighted by molar-refractivity contribution is 5.79. The molecule has 1 aromatic carbocycles. The summed E-state index contributed by atoms with van der Waals surface area (Å²) in [6, 6.07) is 6.39. The number of rotatable bonds is 4. The second-order valence-corrected chi connectivity index (χ2v) is 7.12. The van der Waals surface area contributed by atoms with Gasteiger partial charge in [0.25, 0.3) is 0 Å². The maximum Gasteiger partial charge on any atom is 0.226 e. The fraction of sp³-hybridized carbons (Fsp3) is 0.526. The SMILES string of the molecule is O=C(C1CCc2n[nH]nc2C1)N1CCC(OCc2ccc(F)cc2)CC1. The van der Waals surface area contributed by atoms with Crippen molar-refractivity contribution >= 4 is 5.91 Å². The average molecular weight is 358 g/mol. The van der Waals surface area contributed by atoms with Gasteiger partial charge < -0.3 is 9.64 Å². The van der Waals surface area contributed by atoms with Crippen LogP contribution in [0.1, 0.15) is 36.2 Å². The van der Waals surface area contributed by atoms with Crippen LogP contribution in [0.3, 0.4) is 0 Å². The fourth-order valence-electron chi connectivity index (χ4n) is 3.79. The molecule has 1 saturated heterocycles. The van der Waals surface area contributed by atoms with E-state index in [1.54, 1.807) is 12.1 Å². The predicted molar refractivity (Wildman–Crippen MR) is 92.7 cm³/mol. The first-order valence-electron chi connectivity index (χ1n) is 9.22. The summed E-state index contributed by atoms with van der Waals surface area (Å²) in [4.78, 5) is 14.8. The highest BCUT2D eigenvalue weighted by Crippen LogP contribution is 2.26. The molecule has 138 valence electrons. The molecule has 0 spiro atoms. The third kappa shape index (κ3) is 3.77. The lowest BCUT2D eigenvalue weighted by Crippen LogP contribution is -2.44. The van der Waals surface area contributed by atoms with E-state index in [1.807, 2.05) is 4.90 Å². The van der Waals surface area contributed by atoms with Crippen molar-refractivity contribution in [3.63, 3.8) is 0 Å². The molecular weight excluding hydrogens is 335 g/mol. The number of likely N-dealkylation sites (tertiary alicyclic amines) is 1. The zero-order chi connectivity index (χ0) is 17.9. The number of hydrogen-bond acceptors (Lipinski definition) is 4. The zero-order valence-corrected chi connectivity index (χ0v) is 14.7. The normalized spacial score (nSPS) is 20.8. The van der Waals surface area contributed by atoms with Crippen molar-refractivity contribution in [2.45, 2.75) is 44.8 Å². The molecule has 1 unspecified atom stereocenters. The van der Waals surface area contributed by atoms with Gasteiger partial charge in [0.1, 0.15) is 5.82 Å². The minimum Gasteiger partial charge on any atom is -0.373 e. The number of aromatic amines is 1. The number of nitrogens with one attached hydrogen (secondary N) is 1. The largest absolute Gasteiger partial charge is 0.373 e. The van der Waals surface area contributed by atoms with E-state index in [0.717, 1.165) is 55.7 Å². The standard InChI is InChI=1S/C19H23FN4O2/c20-15-4-1-13(2-5-15)12-26-16-7-9-24(10-8-16)19(25)14-3-6-17-18(11-14)22-23-21-17/h1-2,4-5,14,16H,3,6-12H2,(H,21,22,23). The third-order valence-electron chi connectivity index (χ3n) is 5.37. The molecule has 1 aliphatic heterocycles. The summed E-state index contributed by atoms with van der Waals surface area (Å²) in [7, 11) is 0. The lowest BCUT2D eigenvalue weighted by molar-refractivity contribution is -0.138. The molecule has 7 heteroatoms. The Hall–Kier alpha value is -2.28. The van der Waals surface area contributed by atoms with Crippen molar-refractivity contribution in [1.82, 2.24) is 20.3 Å². The Morgan fingerprint density at radius 1 is 1.15 bits per heavy atom. The number of hydrogen-bond donors (Lipinski definition) is 1. The summed E-state index contributed by atoms with van der Waals surface area (Å²) < 4.78 is 18.9. The Bertz CT molecular complexity index is 753. The Labute approximate surface area is 151 Å². The van der Waals surface area contributed by atoms with Gasteiger partial charge in [0, 0.05) is 25.4 Å². The van der Waals surface area contributed by atoms with Crippen LogP contribution in [0.15, 0.2) is 24.3 Å². The highest BCUT2D eigenvalue weighted by atomic mass is 19.1. The average Bonchev–Trinajstić information content (AvgIpc) is 3.15. The van der Waals surface area contributed by atoms with E-state index in [1.165, 1.54) is 12.1 Å². The van der Waals surface area contributed by atoms with Crippen LogP contribution in [0.4, 0.5) is 4.39 Å². The predicted octanol–water partition coefficient (Wildman–Crippen LogP) is 2.26. The molecule has 6 nitrogen and oxygen atoms in total. The maximum atomic E-state index is 12.9. The van der Waals surface area contributed by atoms with Crippen molar-refractivity contribution < 1.29 is 13.9 Å². The first-order chi connectivity index (χ1) is 12.7. The van der Waals surface area contributed by atoms with Gasteiger partial charge in [0.05, 0.1) is 24.1 Å². The first kappa shape index (κ1) is 17.1. The Morgan fingerprint density at radius 2 is 1.88 bits per heavy atom. The number of H-pyrrole nitrogens is 1. The lowest BCUT2D eigenvalue weighted by atomic mass is 9.88. The van der Waals surface area contributed by atoms with E-state index in [9.17, 15) is 9.18 Å². The third-order valence-corrected chi connectivity index (χ3v) is 5.37. The Balaban J connectivity index is 1.24. The van der Waals surface area contributed by atoms with E-state index in [4.69, 9.17) is 4.74 Å². The molecule has 0 bridgehead atoms. The van der Waals surface area contributed by atoms with Gasteiger partial charge in [-0.1, -0.05) is 12.1 Å². The van der Waals surface area contributed by atoms with Crippen LogP contribution in [-0.4, -0.2) is 45.4 Å². The van der Waals surface area contributed by atoms with Crippen molar-refractivity contribution in [1.29, 1.82) is 0 Å². The number of carbonyl (C=O) groups excluding carboxylic acids is 1. The van der Waals surface area contributed by atoms with Gasteiger partial charge in [-0.3, -0.25) is 4.79 Å². The molecule has 4 rings (SSSR count). The number of carbonyl (C=O) groups is 1. The molecule has 1 amide bonds. The zero-order valence-electron chi connectivity index (χ0n) is 14.7. The van der Waals surface area contributed by atoms with Gasteiger partial charge in [-0.2, -0.15) is 15.4 Å². The number of fused-ring (bicyclic) bond motifs is 1. The van der Waals surface area contributed by atoms with Gasteiger partial charge >= 0.3 is 0 Å². The topological polar surface area (TPSA) is 71.1 Å². The molecule has 2 aliphatic rings. The molecular formula is C19H23FN4O2. The van der Waals surface area contributed by atoms with E-state index < -0.39 is 0 Å². The highest BCUT2D eigenvalue weighted by Gasteiger charge is 2.32. The molecule has 1 aromatic heterocycles. The van der Waals surface area contributed by atoms with Crippen LogP contribution in [0.2, 0.25) is 0 Å². The van der Waals surface area contributed by atoms with Crippen molar-refractivity contribution in [2.75, 3.05) is 13.1 Å². The summed E-state index contributed by atoms with van der Waals surface area (Å²) in [5.74, 6) is 0.0148. The van der Waals surface area contributed by atoms with Crippen LogP contribution in [0, 0.1) is 11.7 Å². The summed E-state index contributed by atoms with van der Waals surface area (Å²) >= 11 is 0. The minimum absolute atomic E-state index is 0.0179. The molecule has 1 aliphatic carbocycles. The molecule has 26 heavy (non-hydrogen) atoms. The molecule has 1 fully saturated rings. The monoisotopic (exact) mass is 358 g/mol. The number of piperidine rings is 1. The number of nitrogens with zero attached hydrogens (tertiary/aromatic N) is 3. The van der Waals surface area contributed by atoms with E-state index >= 15 is 0 Å². The molecule has 2 aromatic rings. The number of aryl methyl sites for hydroxylation is 1. The number of aromatic nitrogens is 3. The van der Waals surface area contributed by atoms with Crippen LogP contribution < -0.4 is 0 Å². The van der Waals surface area contributed by atoms with E-state index in [0.29, 0.717) is 13.0 Å². The molecule has 2 heterocycles. The Morgan fingerprint density at radius 3 is 2.65 bits per heavy atom. The fourth-order valence-corrected chi connectivity index (χ4v) is 3.79. The van der Waals surface area contributed by atoms with E-state index in [-0.39, 0.29) is 23.7 Å². The van der Waals surface area contributed by atoms with Gasteiger partial charge in [-0.05, 0) is 43.4 Å². The maximum absolute atomic E-state index is 12.9.